The lowest BCUT2D eigenvalue weighted by Crippen LogP contribution is -1.90. The molecular weight excluding hydrogens is 222 g/mol. The van der Waals surface area contributed by atoms with Gasteiger partial charge in [-0.2, -0.15) is 5.26 Å². The molecule has 2 aromatic heterocycles. The lowest BCUT2D eigenvalue weighted by molar-refractivity contribution is 1.17. The Morgan fingerprint density at radius 2 is 2.06 bits per heavy atom. The molecular formula is C15H11N3. The van der Waals surface area contributed by atoms with Crippen molar-refractivity contribution in [3.8, 4) is 17.3 Å². The number of aromatic nitrogens is 2. The molecule has 0 saturated carbocycles. The molecule has 0 bridgehead atoms. The number of fused-ring (bicyclic) bond motifs is 1. The fourth-order valence-electron chi connectivity index (χ4n) is 2.09. The molecule has 0 aliphatic carbocycles. The molecule has 3 aromatic rings. The zero-order valence-corrected chi connectivity index (χ0v) is 9.96. The molecule has 3 rings (SSSR count). The van der Waals surface area contributed by atoms with Gasteiger partial charge in [0.05, 0.1) is 23.5 Å². The van der Waals surface area contributed by atoms with Gasteiger partial charge in [-0.05, 0) is 30.7 Å². The van der Waals surface area contributed by atoms with Crippen LogP contribution >= 0.6 is 0 Å². The average molecular weight is 233 g/mol. The molecule has 0 fully saturated rings. The minimum absolute atomic E-state index is 0.667. The number of nitrogens with zero attached hydrogens (tertiary/aromatic N) is 3. The maximum absolute atomic E-state index is 9.15. The van der Waals surface area contributed by atoms with E-state index in [2.05, 4.69) is 11.1 Å². The second-order valence-corrected chi connectivity index (χ2v) is 4.23. The van der Waals surface area contributed by atoms with Gasteiger partial charge in [-0.3, -0.25) is 4.40 Å². The first-order chi connectivity index (χ1) is 8.79. The van der Waals surface area contributed by atoms with E-state index in [4.69, 9.17) is 5.26 Å². The molecule has 0 unspecified atom stereocenters. The van der Waals surface area contributed by atoms with Crippen molar-refractivity contribution in [3.05, 3.63) is 59.9 Å². The van der Waals surface area contributed by atoms with Crippen LogP contribution in [0, 0.1) is 18.3 Å². The molecule has 0 spiro atoms. The largest absolute Gasteiger partial charge is 0.300 e. The first kappa shape index (κ1) is 10.5. The molecule has 0 amide bonds. The number of nitriles is 1. The van der Waals surface area contributed by atoms with Crippen molar-refractivity contribution in [2.75, 3.05) is 0 Å². The first-order valence-electron chi connectivity index (χ1n) is 5.73. The first-order valence-corrected chi connectivity index (χ1v) is 5.73. The van der Waals surface area contributed by atoms with E-state index in [9.17, 15) is 0 Å². The predicted octanol–water partition coefficient (Wildman–Crippen LogP) is 3.18. The highest BCUT2D eigenvalue weighted by atomic mass is 15.0. The van der Waals surface area contributed by atoms with Gasteiger partial charge in [-0.25, -0.2) is 4.98 Å². The van der Waals surface area contributed by atoms with Crippen LogP contribution < -0.4 is 0 Å². The van der Waals surface area contributed by atoms with Crippen LogP contribution in [0.3, 0.4) is 0 Å². The number of hydrogen-bond acceptors (Lipinski definition) is 2. The van der Waals surface area contributed by atoms with E-state index in [1.54, 1.807) is 0 Å². The lowest BCUT2D eigenvalue weighted by Gasteiger charge is -2.04. The summed E-state index contributed by atoms with van der Waals surface area (Å²) in [6.07, 6.45) is 3.80. The van der Waals surface area contributed by atoms with Gasteiger partial charge in [-0.15, -0.1) is 0 Å². The summed E-state index contributed by atoms with van der Waals surface area (Å²) in [6.45, 7) is 2.04. The average Bonchev–Trinajstić information content (AvgIpc) is 2.81. The molecule has 2 heterocycles. The van der Waals surface area contributed by atoms with E-state index in [1.807, 2.05) is 60.1 Å². The van der Waals surface area contributed by atoms with E-state index < -0.39 is 0 Å². The van der Waals surface area contributed by atoms with Gasteiger partial charge in [0.2, 0.25) is 0 Å². The third-order valence-corrected chi connectivity index (χ3v) is 2.99. The molecule has 0 radical (unpaired) electrons. The summed E-state index contributed by atoms with van der Waals surface area (Å²) in [6, 6.07) is 13.9. The quantitative estimate of drug-likeness (QED) is 0.647. The standard InChI is InChI=1S/C15H11N3/c1-11-6-7-18-14(10-17-15(18)8-11)13-5-3-2-4-12(13)9-16/h2-8,10H,1H3. The minimum atomic E-state index is 0.667. The van der Waals surface area contributed by atoms with Gasteiger partial charge in [0.25, 0.3) is 0 Å². The Morgan fingerprint density at radius 1 is 1.22 bits per heavy atom. The SMILES string of the molecule is Cc1ccn2c(-c3ccccc3C#N)cnc2c1. The molecule has 0 aliphatic rings. The molecule has 0 saturated heterocycles. The highest BCUT2D eigenvalue weighted by Gasteiger charge is 2.09. The summed E-state index contributed by atoms with van der Waals surface area (Å²) >= 11 is 0. The third kappa shape index (κ3) is 1.56. The second kappa shape index (κ2) is 4.01. The van der Waals surface area contributed by atoms with E-state index >= 15 is 0 Å². The number of aryl methyl sites for hydroxylation is 1. The number of pyridine rings is 1. The highest BCUT2D eigenvalue weighted by molar-refractivity contribution is 5.70. The van der Waals surface area contributed by atoms with E-state index in [0.29, 0.717) is 5.56 Å². The van der Waals surface area contributed by atoms with Crippen molar-refractivity contribution in [1.82, 2.24) is 9.38 Å². The van der Waals surface area contributed by atoms with Crippen LogP contribution in [0.4, 0.5) is 0 Å². The predicted molar refractivity (Wildman–Crippen MR) is 70.1 cm³/mol. The van der Waals surface area contributed by atoms with Crippen molar-refractivity contribution >= 4 is 5.65 Å². The molecule has 18 heavy (non-hydrogen) atoms. The van der Waals surface area contributed by atoms with Crippen molar-refractivity contribution < 1.29 is 0 Å². The van der Waals surface area contributed by atoms with Crippen LogP contribution in [0.1, 0.15) is 11.1 Å². The Labute approximate surface area is 105 Å². The fraction of sp³-hybridized carbons (Fsp3) is 0.0667. The summed E-state index contributed by atoms with van der Waals surface area (Å²) in [5.74, 6) is 0. The van der Waals surface area contributed by atoms with Crippen molar-refractivity contribution in [2.24, 2.45) is 0 Å². The van der Waals surface area contributed by atoms with E-state index in [-0.39, 0.29) is 0 Å². The normalized spacial score (nSPS) is 10.4. The zero-order chi connectivity index (χ0) is 12.5. The summed E-state index contributed by atoms with van der Waals surface area (Å²) in [4.78, 5) is 4.38. The van der Waals surface area contributed by atoms with Gasteiger partial charge in [0.15, 0.2) is 0 Å². The van der Waals surface area contributed by atoms with E-state index in [1.165, 1.54) is 5.56 Å². The molecule has 1 aromatic carbocycles. The summed E-state index contributed by atoms with van der Waals surface area (Å²) in [5, 5.41) is 9.15. The maximum atomic E-state index is 9.15. The number of hydrogen-bond donors (Lipinski definition) is 0. The third-order valence-electron chi connectivity index (χ3n) is 2.99. The van der Waals surface area contributed by atoms with Gasteiger partial charge < -0.3 is 0 Å². The van der Waals surface area contributed by atoms with Gasteiger partial charge in [0, 0.05) is 11.8 Å². The van der Waals surface area contributed by atoms with Crippen molar-refractivity contribution in [1.29, 1.82) is 5.26 Å². The Morgan fingerprint density at radius 3 is 2.89 bits per heavy atom. The molecule has 0 atom stereocenters. The van der Waals surface area contributed by atoms with Crippen LogP contribution in [0.2, 0.25) is 0 Å². The van der Waals surface area contributed by atoms with E-state index in [0.717, 1.165) is 16.9 Å². The number of imidazole rings is 1. The lowest BCUT2D eigenvalue weighted by atomic mass is 10.1. The van der Waals surface area contributed by atoms with Crippen LogP contribution in [-0.2, 0) is 0 Å². The molecule has 3 nitrogen and oxygen atoms in total. The summed E-state index contributed by atoms with van der Waals surface area (Å²) in [7, 11) is 0. The van der Waals surface area contributed by atoms with Crippen molar-refractivity contribution in [3.63, 3.8) is 0 Å². The topological polar surface area (TPSA) is 41.1 Å². The minimum Gasteiger partial charge on any atom is -0.300 e. The van der Waals surface area contributed by atoms with Gasteiger partial charge in [0.1, 0.15) is 5.65 Å². The van der Waals surface area contributed by atoms with Crippen LogP contribution in [0.5, 0.6) is 0 Å². The Bertz CT molecular complexity index is 763. The number of rotatable bonds is 1. The Kier molecular flexibility index (Phi) is 2.35. The maximum Gasteiger partial charge on any atom is 0.137 e. The summed E-state index contributed by atoms with van der Waals surface area (Å²) < 4.78 is 2.00. The fourth-order valence-corrected chi connectivity index (χ4v) is 2.09. The number of benzene rings is 1. The van der Waals surface area contributed by atoms with Crippen LogP contribution in [0.15, 0.2) is 48.8 Å². The molecule has 0 N–H and O–H groups in total. The van der Waals surface area contributed by atoms with Crippen LogP contribution in [-0.4, -0.2) is 9.38 Å². The van der Waals surface area contributed by atoms with Gasteiger partial charge >= 0.3 is 0 Å². The Hall–Kier alpha value is -2.60. The highest BCUT2D eigenvalue weighted by Crippen LogP contribution is 2.24. The van der Waals surface area contributed by atoms with Crippen molar-refractivity contribution in [2.45, 2.75) is 6.92 Å². The zero-order valence-electron chi connectivity index (χ0n) is 9.96. The summed E-state index contributed by atoms with van der Waals surface area (Å²) in [5.41, 5.74) is 4.60. The van der Waals surface area contributed by atoms with Gasteiger partial charge in [-0.1, -0.05) is 18.2 Å². The van der Waals surface area contributed by atoms with Crippen LogP contribution in [0.25, 0.3) is 16.9 Å². The molecule has 0 aliphatic heterocycles. The molecule has 86 valence electrons. The monoisotopic (exact) mass is 233 g/mol. The second-order valence-electron chi connectivity index (χ2n) is 4.23. The smallest absolute Gasteiger partial charge is 0.137 e. The Balaban J connectivity index is 2.30. The molecule has 3 heteroatoms.